The summed E-state index contributed by atoms with van der Waals surface area (Å²) in [6.07, 6.45) is 2.95. The summed E-state index contributed by atoms with van der Waals surface area (Å²) in [5.74, 6) is 1.38. The van der Waals surface area contributed by atoms with E-state index in [-0.39, 0.29) is 17.7 Å². The molecule has 0 atom stereocenters. The van der Waals surface area contributed by atoms with Gasteiger partial charge in [-0.25, -0.2) is 4.98 Å². The first-order valence-electron chi connectivity index (χ1n) is 9.26. The smallest absolute Gasteiger partial charge is 0.257 e. The van der Waals surface area contributed by atoms with Gasteiger partial charge in [0, 0.05) is 31.3 Å². The maximum atomic E-state index is 12.9. The molecule has 2 amide bonds. The predicted octanol–water partition coefficient (Wildman–Crippen LogP) is 2.90. The third kappa shape index (κ3) is 4.42. The number of pyridine rings is 1. The number of ether oxygens (including phenoxy) is 2. The number of benzene rings is 1. The average Bonchev–Trinajstić information content (AvgIpc) is 2.74. The van der Waals surface area contributed by atoms with E-state index in [0.29, 0.717) is 48.8 Å². The predicted molar refractivity (Wildman–Crippen MR) is 106 cm³/mol. The number of hydrogen-bond donors (Lipinski definition) is 1. The van der Waals surface area contributed by atoms with Crippen molar-refractivity contribution in [2.24, 2.45) is 5.92 Å². The molecule has 1 aliphatic heterocycles. The fourth-order valence-electron chi connectivity index (χ4n) is 3.26. The van der Waals surface area contributed by atoms with Crippen molar-refractivity contribution in [2.75, 3.05) is 32.6 Å². The highest BCUT2D eigenvalue weighted by Gasteiger charge is 2.29. The van der Waals surface area contributed by atoms with Crippen LogP contribution in [0.2, 0.25) is 0 Å². The summed E-state index contributed by atoms with van der Waals surface area (Å²) in [7, 11) is 3.10. The van der Waals surface area contributed by atoms with E-state index in [1.807, 2.05) is 13.0 Å². The lowest BCUT2D eigenvalue weighted by Gasteiger charge is -2.31. The third-order valence-corrected chi connectivity index (χ3v) is 4.95. The van der Waals surface area contributed by atoms with Gasteiger partial charge in [-0.3, -0.25) is 9.59 Å². The van der Waals surface area contributed by atoms with E-state index in [1.165, 1.54) is 7.11 Å². The molecule has 0 unspecified atom stereocenters. The molecule has 0 bridgehead atoms. The van der Waals surface area contributed by atoms with E-state index in [0.717, 1.165) is 5.56 Å². The van der Waals surface area contributed by atoms with Crippen LogP contribution in [0.5, 0.6) is 11.5 Å². The standard InChI is InChI=1S/C21H25N3O4/c1-14-4-7-19(22-13-14)23-20(25)15-8-10-24(11-9-15)21(26)17-6-5-16(27-2)12-18(17)28-3/h4-7,12-13,15H,8-11H2,1-3H3,(H,22,23,25). The number of nitrogens with zero attached hydrogens (tertiary/aromatic N) is 2. The molecule has 3 rings (SSSR count). The van der Waals surface area contributed by atoms with Gasteiger partial charge in [-0.2, -0.15) is 0 Å². The van der Waals surface area contributed by atoms with Crippen molar-refractivity contribution >= 4 is 17.6 Å². The zero-order valence-corrected chi connectivity index (χ0v) is 16.4. The van der Waals surface area contributed by atoms with Crippen LogP contribution in [-0.2, 0) is 4.79 Å². The van der Waals surface area contributed by atoms with Gasteiger partial charge in [0.2, 0.25) is 5.91 Å². The zero-order valence-electron chi connectivity index (χ0n) is 16.4. The van der Waals surface area contributed by atoms with Gasteiger partial charge in [0.25, 0.3) is 5.91 Å². The molecule has 0 radical (unpaired) electrons. The number of rotatable bonds is 5. The Hall–Kier alpha value is -3.09. The minimum absolute atomic E-state index is 0.0505. The second-order valence-electron chi connectivity index (χ2n) is 6.84. The van der Waals surface area contributed by atoms with Gasteiger partial charge in [-0.05, 0) is 43.5 Å². The summed E-state index contributed by atoms with van der Waals surface area (Å²) in [5.41, 5.74) is 1.54. The van der Waals surface area contributed by atoms with Crippen LogP contribution < -0.4 is 14.8 Å². The van der Waals surface area contributed by atoms with Crippen LogP contribution in [-0.4, -0.2) is 49.0 Å². The largest absolute Gasteiger partial charge is 0.497 e. The Kier molecular flexibility index (Phi) is 6.13. The first-order chi connectivity index (χ1) is 13.5. The lowest BCUT2D eigenvalue weighted by atomic mass is 9.95. The van der Waals surface area contributed by atoms with Gasteiger partial charge in [0.05, 0.1) is 19.8 Å². The topological polar surface area (TPSA) is 80.8 Å². The van der Waals surface area contributed by atoms with E-state index >= 15 is 0 Å². The van der Waals surface area contributed by atoms with Crippen molar-refractivity contribution < 1.29 is 19.1 Å². The molecule has 0 spiro atoms. The van der Waals surface area contributed by atoms with Gasteiger partial charge in [0.15, 0.2) is 0 Å². The molecule has 148 valence electrons. The number of carbonyl (C=O) groups is 2. The van der Waals surface area contributed by atoms with E-state index in [9.17, 15) is 9.59 Å². The summed E-state index contributed by atoms with van der Waals surface area (Å²) >= 11 is 0. The Morgan fingerprint density at radius 2 is 1.86 bits per heavy atom. The second kappa shape index (κ2) is 8.73. The first-order valence-corrected chi connectivity index (χ1v) is 9.26. The number of aromatic nitrogens is 1. The van der Waals surface area contributed by atoms with Crippen LogP contribution >= 0.6 is 0 Å². The van der Waals surface area contributed by atoms with Crippen molar-refractivity contribution in [1.29, 1.82) is 0 Å². The highest BCUT2D eigenvalue weighted by atomic mass is 16.5. The number of methoxy groups -OCH3 is 2. The summed E-state index contributed by atoms with van der Waals surface area (Å²) < 4.78 is 10.5. The molecule has 1 aliphatic rings. The van der Waals surface area contributed by atoms with Gasteiger partial charge in [0.1, 0.15) is 17.3 Å². The third-order valence-electron chi connectivity index (χ3n) is 4.95. The summed E-state index contributed by atoms with van der Waals surface area (Å²) in [4.78, 5) is 31.3. The number of likely N-dealkylation sites (tertiary alicyclic amines) is 1. The molecule has 1 aromatic heterocycles. The maximum Gasteiger partial charge on any atom is 0.257 e. The van der Waals surface area contributed by atoms with Crippen molar-refractivity contribution in [3.05, 3.63) is 47.7 Å². The van der Waals surface area contributed by atoms with Gasteiger partial charge >= 0.3 is 0 Å². The molecule has 1 aromatic carbocycles. The number of amides is 2. The van der Waals surface area contributed by atoms with Crippen molar-refractivity contribution in [3.8, 4) is 11.5 Å². The molecule has 1 fully saturated rings. The lowest BCUT2D eigenvalue weighted by molar-refractivity contribution is -0.121. The van der Waals surface area contributed by atoms with E-state index < -0.39 is 0 Å². The Morgan fingerprint density at radius 3 is 2.46 bits per heavy atom. The van der Waals surface area contributed by atoms with Crippen molar-refractivity contribution in [1.82, 2.24) is 9.88 Å². The highest BCUT2D eigenvalue weighted by molar-refractivity contribution is 5.97. The maximum absolute atomic E-state index is 12.9. The van der Waals surface area contributed by atoms with Crippen LogP contribution in [0.3, 0.4) is 0 Å². The number of nitrogens with one attached hydrogen (secondary N) is 1. The molecule has 2 aromatic rings. The van der Waals surface area contributed by atoms with Crippen LogP contribution in [0.1, 0.15) is 28.8 Å². The van der Waals surface area contributed by atoms with Gasteiger partial charge in [-0.1, -0.05) is 6.07 Å². The van der Waals surface area contributed by atoms with E-state index in [1.54, 1.807) is 42.5 Å². The Labute approximate surface area is 164 Å². The quantitative estimate of drug-likeness (QED) is 0.859. The fourth-order valence-corrected chi connectivity index (χ4v) is 3.26. The van der Waals surface area contributed by atoms with Crippen molar-refractivity contribution in [2.45, 2.75) is 19.8 Å². The molecule has 0 aliphatic carbocycles. The fraction of sp³-hybridized carbons (Fsp3) is 0.381. The molecular formula is C21H25N3O4. The van der Waals surface area contributed by atoms with Gasteiger partial charge in [-0.15, -0.1) is 0 Å². The molecule has 7 nitrogen and oxygen atoms in total. The summed E-state index contributed by atoms with van der Waals surface area (Å²) in [6, 6.07) is 8.85. The number of aryl methyl sites for hydroxylation is 1. The zero-order chi connectivity index (χ0) is 20.1. The molecule has 1 saturated heterocycles. The molecule has 1 N–H and O–H groups in total. The molecule has 0 saturated carbocycles. The van der Waals surface area contributed by atoms with Crippen molar-refractivity contribution in [3.63, 3.8) is 0 Å². The Bertz CT molecular complexity index is 843. The Morgan fingerprint density at radius 1 is 1.11 bits per heavy atom. The minimum atomic E-state index is -0.134. The lowest BCUT2D eigenvalue weighted by Crippen LogP contribution is -2.41. The summed E-state index contributed by atoms with van der Waals surface area (Å²) in [6.45, 7) is 2.99. The first kappa shape index (κ1) is 19.7. The van der Waals surface area contributed by atoms with E-state index in [2.05, 4.69) is 10.3 Å². The van der Waals surface area contributed by atoms with Gasteiger partial charge < -0.3 is 19.7 Å². The minimum Gasteiger partial charge on any atom is -0.497 e. The van der Waals surface area contributed by atoms with Crippen LogP contribution in [0.4, 0.5) is 5.82 Å². The molecule has 7 heteroatoms. The SMILES string of the molecule is COc1ccc(C(=O)N2CCC(C(=O)Nc3ccc(C)cn3)CC2)c(OC)c1. The number of hydrogen-bond acceptors (Lipinski definition) is 5. The average molecular weight is 383 g/mol. The second-order valence-corrected chi connectivity index (χ2v) is 6.84. The highest BCUT2D eigenvalue weighted by Crippen LogP contribution is 2.27. The van der Waals surface area contributed by atoms with E-state index in [4.69, 9.17) is 9.47 Å². The number of piperidine rings is 1. The van der Waals surface area contributed by atoms with Crippen LogP contribution in [0.25, 0.3) is 0 Å². The molecule has 2 heterocycles. The normalized spacial score (nSPS) is 14.5. The van der Waals surface area contributed by atoms with Crippen LogP contribution in [0.15, 0.2) is 36.5 Å². The monoisotopic (exact) mass is 383 g/mol. The number of carbonyl (C=O) groups excluding carboxylic acids is 2. The van der Waals surface area contributed by atoms with Crippen LogP contribution in [0, 0.1) is 12.8 Å². The molecule has 28 heavy (non-hydrogen) atoms. The number of anilines is 1. The Balaban J connectivity index is 1.59. The summed E-state index contributed by atoms with van der Waals surface area (Å²) in [5, 5.41) is 2.86. The molecular weight excluding hydrogens is 358 g/mol.